The number of hydrogen-bond donors (Lipinski definition) is 0. The van der Waals surface area contributed by atoms with Gasteiger partial charge in [0.15, 0.2) is 0 Å². The molecule has 1 aliphatic heterocycles. The lowest BCUT2D eigenvalue weighted by Crippen LogP contribution is -2.30. The molecule has 64 heavy (non-hydrogen) atoms. The summed E-state index contributed by atoms with van der Waals surface area (Å²) in [7, 11) is 0. The molecule has 0 bridgehead atoms. The van der Waals surface area contributed by atoms with Crippen molar-refractivity contribution in [2.75, 3.05) is 4.90 Å². The number of hydrogen-bond acceptors (Lipinski definition) is 4. The van der Waals surface area contributed by atoms with Crippen molar-refractivity contribution in [2.45, 2.75) is 0 Å². The third-order valence-electron chi connectivity index (χ3n) is 12.2. The van der Waals surface area contributed by atoms with Gasteiger partial charge in [-0.05, 0) is 105 Å². The van der Waals surface area contributed by atoms with Gasteiger partial charge in [0, 0.05) is 21.9 Å². The van der Waals surface area contributed by atoms with Crippen LogP contribution in [0.25, 0.3) is 83.1 Å². The Bertz CT molecular complexity index is 3440. The summed E-state index contributed by atoms with van der Waals surface area (Å²) >= 11 is 0. The van der Waals surface area contributed by atoms with Crippen molar-refractivity contribution in [1.29, 1.82) is 10.5 Å². The average molecular weight is 819 g/mol. The standard InChI is InChI=1S/C58H34N4O2/c59-35-37-13-10-21-42(29-37)44-25-27-47-48-28-26-45(43-22-11-14-38(30-43)36-60)34-54(48)61(53(47)33-44)52-24-12-23-49-55(52)58(64)62(57(49)63)56-50(40-17-6-2-7-18-40)31-46(39-15-4-1-5-16-39)32-51(56)41-19-8-3-9-20-41/h1-34H. The molecule has 9 aromatic carbocycles. The van der Waals surface area contributed by atoms with E-state index in [1.165, 1.54) is 4.90 Å². The van der Waals surface area contributed by atoms with Crippen molar-refractivity contribution < 1.29 is 9.59 Å². The van der Waals surface area contributed by atoms with Gasteiger partial charge in [0.25, 0.3) is 11.8 Å². The molecular weight excluding hydrogens is 785 g/mol. The maximum absolute atomic E-state index is 15.7. The molecule has 2 heterocycles. The van der Waals surface area contributed by atoms with E-state index in [1.807, 2.05) is 140 Å². The van der Waals surface area contributed by atoms with E-state index in [0.29, 0.717) is 33.6 Å². The summed E-state index contributed by atoms with van der Waals surface area (Å²) in [5, 5.41) is 21.4. The van der Waals surface area contributed by atoms with Crippen LogP contribution < -0.4 is 4.90 Å². The van der Waals surface area contributed by atoms with Gasteiger partial charge in [-0.2, -0.15) is 10.5 Å². The topological polar surface area (TPSA) is 89.9 Å². The molecule has 0 saturated heterocycles. The molecular formula is C58H34N4O2. The second kappa shape index (κ2) is 15.4. The molecule has 10 aromatic rings. The fraction of sp³-hybridized carbons (Fsp3) is 0. The van der Waals surface area contributed by atoms with E-state index >= 15 is 9.59 Å². The maximum atomic E-state index is 15.7. The van der Waals surface area contributed by atoms with Crippen LogP contribution in [0, 0.1) is 22.7 Å². The van der Waals surface area contributed by atoms with Crippen molar-refractivity contribution in [1.82, 2.24) is 4.57 Å². The van der Waals surface area contributed by atoms with Gasteiger partial charge in [-0.15, -0.1) is 0 Å². The van der Waals surface area contributed by atoms with Crippen molar-refractivity contribution in [2.24, 2.45) is 0 Å². The lowest BCUT2D eigenvalue weighted by molar-refractivity contribution is 0.0926. The van der Waals surface area contributed by atoms with E-state index in [4.69, 9.17) is 0 Å². The fourth-order valence-electron chi connectivity index (χ4n) is 9.18. The summed E-state index contributed by atoms with van der Waals surface area (Å²) in [5.74, 6) is -0.837. The minimum absolute atomic E-state index is 0.297. The quantitative estimate of drug-likeness (QED) is 0.150. The summed E-state index contributed by atoms with van der Waals surface area (Å²) in [6.07, 6.45) is 0. The van der Waals surface area contributed by atoms with Gasteiger partial charge in [-0.25, -0.2) is 4.90 Å². The van der Waals surface area contributed by atoms with Gasteiger partial charge < -0.3 is 4.57 Å². The summed E-state index contributed by atoms with van der Waals surface area (Å²) in [4.78, 5) is 32.3. The third-order valence-corrected chi connectivity index (χ3v) is 12.2. The van der Waals surface area contributed by atoms with Gasteiger partial charge in [-0.3, -0.25) is 9.59 Å². The lowest BCUT2D eigenvalue weighted by Gasteiger charge is -2.24. The van der Waals surface area contributed by atoms with Crippen LogP contribution in [-0.2, 0) is 0 Å². The van der Waals surface area contributed by atoms with E-state index in [1.54, 1.807) is 18.2 Å². The Balaban J connectivity index is 1.17. The van der Waals surface area contributed by atoms with Crippen LogP contribution in [0.1, 0.15) is 31.8 Å². The first kappa shape index (κ1) is 37.9. The smallest absolute Gasteiger partial charge is 0.268 e. The normalized spacial score (nSPS) is 12.1. The van der Waals surface area contributed by atoms with Gasteiger partial charge in [-0.1, -0.05) is 146 Å². The number of amides is 2. The monoisotopic (exact) mass is 818 g/mol. The highest BCUT2D eigenvalue weighted by molar-refractivity contribution is 6.37. The summed E-state index contributed by atoms with van der Waals surface area (Å²) in [6, 6.07) is 71.6. The Kier molecular flexibility index (Phi) is 9.12. The van der Waals surface area contributed by atoms with Crippen molar-refractivity contribution in [3.63, 3.8) is 0 Å². The Morgan fingerprint density at radius 1 is 0.359 bits per heavy atom. The number of fused-ring (bicyclic) bond motifs is 4. The molecule has 1 aromatic heterocycles. The predicted molar refractivity (Wildman–Crippen MR) is 255 cm³/mol. The maximum Gasteiger partial charge on any atom is 0.268 e. The van der Waals surface area contributed by atoms with Crippen LogP contribution in [0.5, 0.6) is 0 Å². The predicted octanol–water partition coefficient (Wildman–Crippen LogP) is 13.7. The second-order valence-corrected chi connectivity index (χ2v) is 15.8. The number of carbonyl (C=O) groups excluding carboxylic acids is 2. The molecule has 11 rings (SSSR count). The number of carbonyl (C=O) groups is 2. The number of aromatic nitrogens is 1. The van der Waals surface area contributed by atoms with E-state index in [2.05, 4.69) is 65.2 Å². The molecule has 2 amide bonds. The van der Waals surface area contributed by atoms with Crippen LogP contribution >= 0.6 is 0 Å². The Hall–Kier alpha value is -9.10. The van der Waals surface area contributed by atoms with E-state index in [-0.39, 0.29) is 0 Å². The third kappa shape index (κ3) is 6.26. The molecule has 0 aliphatic carbocycles. The van der Waals surface area contributed by atoms with Gasteiger partial charge in [0.1, 0.15) is 0 Å². The molecule has 0 atom stereocenters. The zero-order valence-corrected chi connectivity index (χ0v) is 34.2. The van der Waals surface area contributed by atoms with E-state index < -0.39 is 11.8 Å². The van der Waals surface area contributed by atoms with Crippen molar-refractivity contribution in [3.05, 3.63) is 229 Å². The molecule has 0 N–H and O–H groups in total. The largest absolute Gasteiger partial charge is 0.308 e. The van der Waals surface area contributed by atoms with Crippen molar-refractivity contribution >= 4 is 39.3 Å². The molecule has 0 spiro atoms. The summed E-state index contributed by atoms with van der Waals surface area (Å²) in [5.41, 5.74) is 13.2. The van der Waals surface area contributed by atoms with Crippen LogP contribution in [-0.4, -0.2) is 16.4 Å². The zero-order valence-electron chi connectivity index (χ0n) is 34.2. The number of nitrogens with zero attached hydrogens (tertiary/aromatic N) is 4. The van der Waals surface area contributed by atoms with Crippen molar-refractivity contribution in [3.8, 4) is 73.5 Å². The molecule has 0 saturated carbocycles. The highest BCUT2D eigenvalue weighted by Gasteiger charge is 2.42. The number of benzene rings is 9. The average Bonchev–Trinajstić information content (AvgIpc) is 3.83. The highest BCUT2D eigenvalue weighted by atomic mass is 16.2. The van der Waals surface area contributed by atoms with E-state index in [9.17, 15) is 10.5 Å². The summed E-state index contributed by atoms with van der Waals surface area (Å²) in [6.45, 7) is 0. The Labute approximate surface area is 369 Å². The molecule has 298 valence electrons. The number of nitriles is 2. The SMILES string of the molecule is N#Cc1cccc(-c2ccc3c4ccc(-c5cccc(C#N)c5)cc4n(-c4cccc5c4C(=O)N(c4c(-c6ccccc6)cc(-c6ccccc6)cc4-c4ccccc4)C5=O)c3c2)c1. The highest BCUT2D eigenvalue weighted by Crippen LogP contribution is 2.47. The van der Waals surface area contributed by atoms with Gasteiger partial charge in [0.05, 0.1) is 56.8 Å². The van der Waals surface area contributed by atoms with Crippen LogP contribution in [0.2, 0.25) is 0 Å². The number of rotatable bonds is 7. The van der Waals surface area contributed by atoms with Crippen LogP contribution in [0.3, 0.4) is 0 Å². The molecule has 6 nitrogen and oxygen atoms in total. The Morgan fingerprint density at radius 3 is 1.31 bits per heavy atom. The second-order valence-electron chi connectivity index (χ2n) is 15.8. The minimum Gasteiger partial charge on any atom is -0.308 e. The molecule has 1 aliphatic rings. The first-order chi connectivity index (χ1) is 31.5. The van der Waals surface area contributed by atoms with E-state index in [0.717, 1.165) is 77.4 Å². The fourth-order valence-corrected chi connectivity index (χ4v) is 9.18. The zero-order chi connectivity index (χ0) is 43.3. The van der Waals surface area contributed by atoms with Gasteiger partial charge >= 0.3 is 0 Å². The molecule has 0 unspecified atom stereocenters. The molecule has 6 heteroatoms. The van der Waals surface area contributed by atoms with Crippen LogP contribution in [0.15, 0.2) is 206 Å². The summed E-state index contributed by atoms with van der Waals surface area (Å²) < 4.78 is 2.09. The Morgan fingerprint density at radius 2 is 0.812 bits per heavy atom. The first-order valence-electron chi connectivity index (χ1n) is 20.9. The van der Waals surface area contributed by atoms with Gasteiger partial charge in [0.2, 0.25) is 0 Å². The molecule has 0 radical (unpaired) electrons. The number of imide groups is 1. The molecule has 0 fully saturated rings. The lowest BCUT2D eigenvalue weighted by atomic mass is 9.90. The number of anilines is 1. The minimum atomic E-state index is -0.428. The van der Waals surface area contributed by atoms with Crippen LogP contribution in [0.4, 0.5) is 5.69 Å². The first-order valence-corrected chi connectivity index (χ1v) is 20.9.